The Morgan fingerprint density at radius 3 is 2.09 bits per heavy atom. The summed E-state index contributed by atoms with van der Waals surface area (Å²) in [5.41, 5.74) is 1.51. The molecule has 0 aliphatic heterocycles. The molecule has 0 amide bonds. The molecule has 7 heteroatoms. The number of carboxylic acid groups (broad SMARTS) is 1. The number of hydrogen-bond donors (Lipinski definition) is 1. The van der Waals surface area contributed by atoms with Crippen LogP contribution in [0.3, 0.4) is 0 Å². The minimum Gasteiger partial charge on any atom is -0.481 e. The van der Waals surface area contributed by atoms with Gasteiger partial charge in [0, 0.05) is 5.56 Å². The molecule has 0 saturated heterocycles. The Bertz CT molecular complexity index is 635. The maximum absolute atomic E-state index is 11.5. The van der Waals surface area contributed by atoms with Gasteiger partial charge in [0.1, 0.15) is 0 Å². The fourth-order valence-electron chi connectivity index (χ4n) is 1.75. The molecule has 0 aliphatic rings. The number of hydrogen-bond acceptors (Lipinski definition) is 6. The van der Waals surface area contributed by atoms with Gasteiger partial charge in [-0.3, -0.25) is 0 Å². The maximum Gasteiger partial charge on any atom is 0.349 e. The summed E-state index contributed by atoms with van der Waals surface area (Å²) in [5.74, 6) is -0.709. The SMILES string of the molecule is COc1cc(OC)nc(OC(C(=O)O)c2ccc(C)cc2)n1. The Kier molecular flexibility index (Phi) is 4.77. The molecule has 0 bridgehead atoms. The normalized spacial score (nSPS) is 11.6. The van der Waals surface area contributed by atoms with E-state index in [4.69, 9.17) is 14.2 Å². The highest BCUT2D eigenvalue weighted by atomic mass is 16.5. The van der Waals surface area contributed by atoms with E-state index < -0.39 is 12.1 Å². The van der Waals surface area contributed by atoms with Crippen molar-refractivity contribution >= 4 is 5.97 Å². The zero-order valence-corrected chi connectivity index (χ0v) is 12.4. The monoisotopic (exact) mass is 304 g/mol. The highest BCUT2D eigenvalue weighted by Gasteiger charge is 2.23. The maximum atomic E-state index is 11.5. The first kappa shape index (κ1) is 15.6. The quantitative estimate of drug-likeness (QED) is 0.872. The Labute approximate surface area is 127 Å². The van der Waals surface area contributed by atoms with E-state index >= 15 is 0 Å². The number of carbonyl (C=O) groups is 1. The molecule has 0 aliphatic carbocycles. The molecular weight excluding hydrogens is 288 g/mol. The second-order valence-corrected chi connectivity index (χ2v) is 4.48. The number of methoxy groups -OCH3 is 2. The van der Waals surface area contributed by atoms with E-state index in [9.17, 15) is 9.90 Å². The lowest BCUT2D eigenvalue weighted by molar-refractivity contribution is -0.145. The summed E-state index contributed by atoms with van der Waals surface area (Å²) < 4.78 is 15.4. The van der Waals surface area contributed by atoms with Crippen molar-refractivity contribution in [3.63, 3.8) is 0 Å². The van der Waals surface area contributed by atoms with Gasteiger partial charge in [0.05, 0.1) is 20.3 Å². The zero-order valence-electron chi connectivity index (χ0n) is 12.4. The first-order valence-corrected chi connectivity index (χ1v) is 6.46. The second kappa shape index (κ2) is 6.75. The average molecular weight is 304 g/mol. The van der Waals surface area contributed by atoms with Gasteiger partial charge in [0.25, 0.3) is 0 Å². The third-order valence-electron chi connectivity index (χ3n) is 2.90. The topological polar surface area (TPSA) is 90.8 Å². The Balaban J connectivity index is 2.32. The molecule has 1 aromatic heterocycles. The van der Waals surface area contributed by atoms with Crippen molar-refractivity contribution in [2.75, 3.05) is 14.2 Å². The van der Waals surface area contributed by atoms with Crippen LogP contribution in [-0.4, -0.2) is 35.3 Å². The highest BCUT2D eigenvalue weighted by molar-refractivity contribution is 5.74. The van der Waals surface area contributed by atoms with E-state index in [-0.39, 0.29) is 17.8 Å². The zero-order chi connectivity index (χ0) is 16.1. The van der Waals surface area contributed by atoms with Gasteiger partial charge < -0.3 is 19.3 Å². The summed E-state index contributed by atoms with van der Waals surface area (Å²) >= 11 is 0. The van der Waals surface area contributed by atoms with Crippen molar-refractivity contribution in [2.45, 2.75) is 13.0 Å². The molecule has 2 rings (SSSR count). The molecular formula is C15H16N2O5. The van der Waals surface area contributed by atoms with E-state index in [1.807, 2.05) is 19.1 Å². The second-order valence-electron chi connectivity index (χ2n) is 4.48. The molecule has 1 heterocycles. The molecule has 116 valence electrons. The molecule has 0 spiro atoms. The molecule has 2 aromatic rings. The van der Waals surface area contributed by atoms with Gasteiger partial charge in [-0.05, 0) is 6.92 Å². The number of aromatic nitrogens is 2. The van der Waals surface area contributed by atoms with Gasteiger partial charge in [-0.25, -0.2) is 4.79 Å². The number of nitrogens with zero attached hydrogens (tertiary/aromatic N) is 2. The summed E-state index contributed by atoms with van der Waals surface area (Å²) in [6, 6.07) is 8.32. The summed E-state index contributed by atoms with van der Waals surface area (Å²) in [6.07, 6.45) is -1.22. The van der Waals surface area contributed by atoms with E-state index in [2.05, 4.69) is 9.97 Å². The predicted molar refractivity (Wildman–Crippen MR) is 77.3 cm³/mol. The van der Waals surface area contributed by atoms with Gasteiger partial charge in [-0.1, -0.05) is 29.8 Å². The lowest BCUT2D eigenvalue weighted by Crippen LogP contribution is -2.19. The van der Waals surface area contributed by atoms with Gasteiger partial charge in [0.15, 0.2) is 0 Å². The van der Waals surface area contributed by atoms with Gasteiger partial charge in [-0.15, -0.1) is 0 Å². The standard InChI is InChI=1S/C15H16N2O5/c1-9-4-6-10(7-5-9)13(14(18)19)22-15-16-11(20-2)8-12(17-15)21-3/h4-8,13H,1-3H3,(H,18,19). The van der Waals surface area contributed by atoms with Crippen LogP contribution in [0.1, 0.15) is 17.2 Å². The fourth-order valence-corrected chi connectivity index (χ4v) is 1.75. The van der Waals surface area contributed by atoms with Gasteiger partial charge in [0.2, 0.25) is 17.9 Å². The first-order valence-electron chi connectivity index (χ1n) is 6.46. The third kappa shape index (κ3) is 3.63. The van der Waals surface area contributed by atoms with Crippen LogP contribution in [0.4, 0.5) is 0 Å². The molecule has 0 fully saturated rings. The van der Waals surface area contributed by atoms with Gasteiger partial charge in [-0.2, -0.15) is 9.97 Å². The molecule has 1 N–H and O–H groups in total. The van der Waals surface area contributed by atoms with Crippen LogP contribution >= 0.6 is 0 Å². The number of benzene rings is 1. The van der Waals surface area contributed by atoms with Crippen LogP contribution in [-0.2, 0) is 4.79 Å². The van der Waals surface area contributed by atoms with Crippen LogP contribution in [0.15, 0.2) is 30.3 Å². The Morgan fingerprint density at radius 2 is 1.64 bits per heavy atom. The number of carboxylic acids is 1. The van der Waals surface area contributed by atoms with Crippen molar-refractivity contribution in [1.29, 1.82) is 0 Å². The Morgan fingerprint density at radius 1 is 1.09 bits per heavy atom. The number of aryl methyl sites for hydroxylation is 1. The van der Waals surface area contributed by atoms with Crippen LogP contribution < -0.4 is 14.2 Å². The van der Waals surface area contributed by atoms with Crippen molar-refractivity contribution in [3.05, 3.63) is 41.5 Å². The summed E-state index contributed by atoms with van der Waals surface area (Å²) in [4.78, 5) is 19.4. The van der Waals surface area contributed by atoms with Crippen molar-refractivity contribution in [3.8, 4) is 17.8 Å². The molecule has 1 atom stereocenters. The summed E-state index contributed by atoms with van der Waals surface area (Å²) in [5, 5.41) is 9.37. The first-order chi connectivity index (χ1) is 10.5. The van der Waals surface area contributed by atoms with Gasteiger partial charge >= 0.3 is 12.0 Å². The molecule has 1 unspecified atom stereocenters. The number of rotatable bonds is 6. The minimum absolute atomic E-state index is 0.135. The number of aliphatic carboxylic acids is 1. The molecule has 7 nitrogen and oxygen atoms in total. The Hall–Kier alpha value is -2.83. The van der Waals surface area contributed by atoms with Crippen LogP contribution in [0.25, 0.3) is 0 Å². The van der Waals surface area contributed by atoms with Crippen molar-refractivity contribution < 1.29 is 24.1 Å². The highest BCUT2D eigenvalue weighted by Crippen LogP contribution is 2.24. The predicted octanol–water partition coefficient (Wildman–Crippen LogP) is 2.01. The smallest absolute Gasteiger partial charge is 0.349 e. The van der Waals surface area contributed by atoms with E-state index in [1.54, 1.807) is 12.1 Å². The molecule has 1 aromatic carbocycles. The summed E-state index contributed by atoms with van der Waals surface area (Å²) in [7, 11) is 2.86. The largest absolute Gasteiger partial charge is 0.481 e. The molecule has 22 heavy (non-hydrogen) atoms. The van der Waals surface area contributed by atoms with Crippen molar-refractivity contribution in [1.82, 2.24) is 9.97 Å². The third-order valence-corrected chi connectivity index (χ3v) is 2.90. The van der Waals surface area contributed by atoms with Crippen LogP contribution in [0.2, 0.25) is 0 Å². The molecule has 0 saturated carbocycles. The van der Waals surface area contributed by atoms with E-state index in [0.29, 0.717) is 5.56 Å². The number of ether oxygens (including phenoxy) is 3. The van der Waals surface area contributed by atoms with E-state index in [0.717, 1.165) is 5.56 Å². The molecule has 0 radical (unpaired) electrons. The van der Waals surface area contributed by atoms with Crippen molar-refractivity contribution in [2.24, 2.45) is 0 Å². The average Bonchev–Trinajstić information content (AvgIpc) is 2.53. The van der Waals surface area contributed by atoms with Crippen LogP contribution in [0.5, 0.6) is 17.8 Å². The summed E-state index contributed by atoms with van der Waals surface area (Å²) in [6.45, 7) is 1.91. The lowest BCUT2D eigenvalue weighted by Gasteiger charge is -2.15. The van der Waals surface area contributed by atoms with Crippen LogP contribution in [0, 0.1) is 6.92 Å². The lowest BCUT2D eigenvalue weighted by atomic mass is 10.1. The minimum atomic E-state index is -1.22. The fraction of sp³-hybridized carbons (Fsp3) is 0.267. The van der Waals surface area contributed by atoms with E-state index in [1.165, 1.54) is 20.3 Å².